The molecule has 4 heteroatoms. The van der Waals surface area contributed by atoms with Gasteiger partial charge < -0.3 is 10.2 Å². The summed E-state index contributed by atoms with van der Waals surface area (Å²) >= 11 is 0. The van der Waals surface area contributed by atoms with Crippen LogP contribution < -0.4 is 10.2 Å². The number of nitrogens with zero attached hydrogens (tertiary/aromatic N) is 2. The highest BCUT2D eigenvalue weighted by Crippen LogP contribution is 2.19. The molecule has 0 amide bonds. The van der Waals surface area contributed by atoms with E-state index >= 15 is 0 Å². The molecular formula is C16H18FN3. The van der Waals surface area contributed by atoms with Crippen molar-refractivity contribution in [2.24, 2.45) is 0 Å². The van der Waals surface area contributed by atoms with Gasteiger partial charge in [0.1, 0.15) is 11.6 Å². The average Bonchev–Trinajstić information content (AvgIpc) is 3.00. The summed E-state index contributed by atoms with van der Waals surface area (Å²) in [6.07, 6.45) is 4.34. The molecule has 1 aliphatic rings. The highest BCUT2D eigenvalue weighted by molar-refractivity contribution is 5.49. The van der Waals surface area contributed by atoms with Crippen LogP contribution in [-0.2, 0) is 6.54 Å². The summed E-state index contributed by atoms with van der Waals surface area (Å²) in [6.45, 7) is 2.80. The third-order valence-electron chi connectivity index (χ3n) is 3.56. The van der Waals surface area contributed by atoms with Crippen molar-refractivity contribution in [1.29, 1.82) is 0 Å². The maximum Gasteiger partial charge on any atom is 0.128 e. The SMILES string of the molecule is Fc1cccc(CNc2ccc(N3CCCC3)nc2)c1. The maximum absolute atomic E-state index is 13.1. The lowest BCUT2D eigenvalue weighted by Crippen LogP contribution is -2.18. The van der Waals surface area contributed by atoms with E-state index in [9.17, 15) is 4.39 Å². The smallest absolute Gasteiger partial charge is 0.128 e. The van der Waals surface area contributed by atoms with Crippen LogP contribution >= 0.6 is 0 Å². The van der Waals surface area contributed by atoms with Gasteiger partial charge in [-0.1, -0.05) is 12.1 Å². The van der Waals surface area contributed by atoms with Gasteiger partial charge in [0.25, 0.3) is 0 Å². The molecule has 1 fully saturated rings. The minimum absolute atomic E-state index is 0.202. The molecular weight excluding hydrogens is 253 g/mol. The molecule has 0 radical (unpaired) electrons. The molecule has 1 aromatic heterocycles. The maximum atomic E-state index is 13.1. The van der Waals surface area contributed by atoms with Crippen LogP contribution in [0.15, 0.2) is 42.6 Å². The molecule has 104 valence electrons. The Morgan fingerprint density at radius 2 is 2.00 bits per heavy atom. The van der Waals surface area contributed by atoms with Gasteiger partial charge in [0.2, 0.25) is 0 Å². The molecule has 0 saturated carbocycles. The van der Waals surface area contributed by atoms with Gasteiger partial charge in [-0.05, 0) is 42.7 Å². The molecule has 0 spiro atoms. The minimum Gasteiger partial charge on any atom is -0.380 e. The topological polar surface area (TPSA) is 28.2 Å². The summed E-state index contributed by atoms with van der Waals surface area (Å²) in [5.74, 6) is 0.839. The van der Waals surface area contributed by atoms with E-state index in [1.54, 1.807) is 12.1 Å². The lowest BCUT2D eigenvalue weighted by Gasteiger charge is -2.16. The number of pyridine rings is 1. The van der Waals surface area contributed by atoms with Crippen molar-refractivity contribution in [3.63, 3.8) is 0 Å². The lowest BCUT2D eigenvalue weighted by molar-refractivity contribution is 0.626. The Balaban J connectivity index is 1.60. The normalized spacial score (nSPS) is 14.6. The second-order valence-electron chi connectivity index (χ2n) is 5.08. The van der Waals surface area contributed by atoms with Gasteiger partial charge in [0, 0.05) is 19.6 Å². The van der Waals surface area contributed by atoms with Crippen molar-refractivity contribution in [2.45, 2.75) is 19.4 Å². The third-order valence-corrected chi connectivity index (χ3v) is 3.56. The summed E-state index contributed by atoms with van der Waals surface area (Å²) in [6, 6.07) is 10.7. The molecule has 1 aromatic carbocycles. The summed E-state index contributed by atoms with van der Waals surface area (Å²) in [5.41, 5.74) is 1.88. The number of halogens is 1. The molecule has 3 rings (SSSR count). The predicted molar refractivity (Wildman–Crippen MR) is 79.4 cm³/mol. The molecule has 2 aromatic rings. The Morgan fingerprint density at radius 1 is 1.15 bits per heavy atom. The summed E-state index contributed by atoms with van der Waals surface area (Å²) in [5, 5.41) is 3.26. The number of nitrogens with one attached hydrogen (secondary N) is 1. The van der Waals surface area contributed by atoms with Crippen molar-refractivity contribution in [3.8, 4) is 0 Å². The fourth-order valence-electron chi connectivity index (χ4n) is 2.47. The summed E-state index contributed by atoms with van der Waals surface area (Å²) in [4.78, 5) is 6.78. The van der Waals surface area contributed by atoms with Gasteiger partial charge in [0.15, 0.2) is 0 Å². The lowest BCUT2D eigenvalue weighted by atomic mass is 10.2. The van der Waals surface area contributed by atoms with Crippen LogP contribution in [0.5, 0.6) is 0 Å². The zero-order valence-corrected chi connectivity index (χ0v) is 11.3. The largest absolute Gasteiger partial charge is 0.380 e. The number of hydrogen-bond acceptors (Lipinski definition) is 3. The number of rotatable bonds is 4. The Morgan fingerprint density at radius 3 is 2.70 bits per heavy atom. The van der Waals surface area contributed by atoms with E-state index < -0.39 is 0 Å². The van der Waals surface area contributed by atoms with Crippen LogP contribution in [0.1, 0.15) is 18.4 Å². The molecule has 1 N–H and O–H groups in total. The van der Waals surface area contributed by atoms with Gasteiger partial charge in [-0.2, -0.15) is 0 Å². The highest BCUT2D eigenvalue weighted by atomic mass is 19.1. The van der Waals surface area contributed by atoms with Gasteiger partial charge in [-0.15, -0.1) is 0 Å². The Labute approximate surface area is 118 Å². The van der Waals surface area contributed by atoms with E-state index in [4.69, 9.17) is 0 Å². The molecule has 2 heterocycles. The molecule has 0 bridgehead atoms. The predicted octanol–water partition coefficient (Wildman–Crippen LogP) is 3.43. The van der Waals surface area contributed by atoms with Gasteiger partial charge in [-0.3, -0.25) is 0 Å². The van der Waals surface area contributed by atoms with Crippen LogP contribution in [0.2, 0.25) is 0 Å². The molecule has 0 unspecified atom stereocenters. The van der Waals surface area contributed by atoms with Crippen LogP contribution in [-0.4, -0.2) is 18.1 Å². The molecule has 1 saturated heterocycles. The minimum atomic E-state index is -0.202. The first kappa shape index (κ1) is 12.9. The summed E-state index contributed by atoms with van der Waals surface area (Å²) < 4.78 is 13.1. The fraction of sp³-hybridized carbons (Fsp3) is 0.312. The standard InChI is InChI=1S/C16H18FN3/c17-14-5-3-4-13(10-14)11-18-15-6-7-16(19-12-15)20-8-1-2-9-20/h3-7,10,12,18H,1-2,8-9,11H2. The molecule has 3 nitrogen and oxygen atoms in total. The van der Waals surface area contributed by atoms with Gasteiger partial charge in [-0.25, -0.2) is 9.37 Å². The molecule has 0 atom stereocenters. The van der Waals surface area contributed by atoms with Crippen LogP contribution in [0.3, 0.4) is 0 Å². The Hall–Kier alpha value is -2.10. The van der Waals surface area contributed by atoms with E-state index in [0.29, 0.717) is 6.54 Å². The van der Waals surface area contributed by atoms with Crippen LogP contribution in [0.25, 0.3) is 0 Å². The van der Waals surface area contributed by atoms with E-state index in [1.807, 2.05) is 24.4 Å². The first-order valence-electron chi connectivity index (χ1n) is 7.00. The van der Waals surface area contributed by atoms with Crippen molar-refractivity contribution in [2.75, 3.05) is 23.3 Å². The van der Waals surface area contributed by atoms with E-state index in [2.05, 4.69) is 15.2 Å². The fourth-order valence-corrected chi connectivity index (χ4v) is 2.47. The van der Waals surface area contributed by atoms with Crippen molar-refractivity contribution in [3.05, 3.63) is 54.0 Å². The summed E-state index contributed by atoms with van der Waals surface area (Å²) in [7, 11) is 0. The van der Waals surface area contributed by atoms with Crippen LogP contribution in [0, 0.1) is 5.82 Å². The zero-order valence-electron chi connectivity index (χ0n) is 11.3. The Bertz CT molecular complexity index is 562. The molecule has 0 aliphatic carbocycles. The quantitative estimate of drug-likeness (QED) is 0.923. The van der Waals surface area contributed by atoms with Gasteiger partial charge in [0.05, 0.1) is 11.9 Å². The van der Waals surface area contributed by atoms with Gasteiger partial charge >= 0.3 is 0 Å². The second kappa shape index (κ2) is 5.90. The van der Waals surface area contributed by atoms with E-state index in [0.717, 1.165) is 30.2 Å². The van der Waals surface area contributed by atoms with Crippen molar-refractivity contribution >= 4 is 11.5 Å². The van der Waals surface area contributed by atoms with Crippen molar-refractivity contribution in [1.82, 2.24) is 4.98 Å². The number of anilines is 2. The monoisotopic (exact) mass is 271 g/mol. The third kappa shape index (κ3) is 3.07. The Kier molecular flexibility index (Phi) is 3.81. The van der Waals surface area contributed by atoms with Crippen LogP contribution in [0.4, 0.5) is 15.9 Å². The number of aromatic nitrogens is 1. The highest BCUT2D eigenvalue weighted by Gasteiger charge is 2.12. The van der Waals surface area contributed by atoms with E-state index in [-0.39, 0.29) is 5.82 Å². The molecule has 20 heavy (non-hydrogen) atoms. The zero-order chi connectivity index (χ0) is 13.8. The molecule has 1 aliphatic heterocycles. The average molecular weight is 271 g/mol. The van der Waals surface area contributed by atoms with E-state index in [1.165, 1.54) is 18.9 Å². The van der Waals surface area contributed by atoms with Crippen molar-refractivity contribution < 1.29 is 4.39 Å². The second-order valence-corrected chi connectivity index (χ2v) is 5.08. The number of benzene rings is 1. The first-order valence-corrected chi connectivity index (χ1v) is 7.00. The first-order chi connectivity index (χ1) is 9.81. The number of hydrogen-bond donors (Lipinski definition) is 1.